The summed E-state index contributed by atoms with van der Waals surface area (Å²) in [7, 11) is 0. The maximum Gasteiger partial charge on any atom is 0.220 e. The van der Waals surface area contributed by atoms with E-state index in [2.05, 4.69) is 31.7 Å². The Bertz CT molecular complexity index is 634. The molecule has 0 radical (unpaired) electrons. The molecule has 128 valence electrons. The number of carbonyl (C=O) groups is 1. The number of hydrogen-bond acceptors (Lipinski definition) is 6. The van der Waals surface area contributed by atoms with Gasteiger partial charge in [-0.2, -0.15) is 10.2 Å². The van der Waals surface area contributed by atoms with Crippen LogP contribution in [0.4, 0.5) is 0 Å². The lowest BCUT2D eigenvalue weighted by atomic mass is 10.0. The van der Waals surface area contributed by atoms with E-state index in [1.165, 1.54) is 12.8 Å². The zero-order chi connectivity index (χ0) is 16.8. The third kappa shape index (κ3) is 4.40. The van der Waals surface area contributed by atoms with Gasteiger partial charge in [0.15, 0.2) is 5.66 Å². The lowest BCUT2D eigenvalue weighted by Gasteiger charge is -2.09. The number of terminal acetylenes is 1. The highest BCUT2D eigenvalue weighted by Crippen LogP contribution is 2.36. The summed E-state index contributed by atoms with van der Waals surface area (Å²) in [4.78, 5) is 11.9. The van der Waals surface area contributed by atoms with E-state index in [0.717, 1.165) is 25.2 Å². The zero-order valence-corrected chi connectivity index (χ0v) is 13.8. The van der Waals surface area contributed by atoms with Crippen molar-refractivity contribution in [3.63, 3.8) is 0 Å². The molecule has 0 saturated heterocycles. The van der Waals surface area contributed by atoms with Gasteiger partial charge in [0.05, 0.1) is 0 Å². The van der Waals surface area contributed by atoms with Gasteiger partial charge in [0.1, 0.15) is 0 Å². The molecule has 7 nitrogen and oxygen atoms in total. The second-order valence-electron chi connectivity index (χ2n) is 6.50. The second kappa shape index (κ2) is 7.56. The van der Waals surface area contributed by atoms with Gasteiger partial charge in [0.25, 0.3) is 0 Å². The molecule has 3 rings (SSSR count). The van der Waals surface area contributed by atoms with Gasteiger partial charge in [0, 0.05) is 44.6 Å². The minimum Gasteiger partial charge on any atom is -0.425 e. The highest BCUT2D eigenvalue weighted by Gasteiger charge is 2.38. The van der Waals surface area contributed by atoms with E-state index in [0.29, 0.717) is 44.0 Å². The lowest BCUT2D eigenvalue weighted by Crippen LogP contribution is -2.28. The van der Waals surface area contributed by atoms with Gasteiger partial charge in [-0.1, -0.05) is 12.8 Å². The van der Waals surface area contributed by atoms with E-state index in [1.54, 1.807) is 0 Å². The highest BCUT2D eigenvalue weighted by molar-refractivity contribution is 5.75. The molecule has 7 heteroatoms. The van der Waals surface area contributed by atoms with Crippen LogP contribution in [-0.4, -0.2) is 28.3 Å². The summed E-state index contributed by atoms with van der Waals surface area (Å²) in [5.41, 5.74) is -0.345. The summed E-state index contributed by atoms with van der Waals surface area (Å²) in [5, 5.41) is 19.1. The Kier molecular flexibility index (Phi) is 5.24. The molecule has 0 atom stereocenters. The molecule has 24 heavy (non-hydrogen) atoms. The van der Waals surface area contributed by atoms with Crippen LogP contribution in [0.3, 0.4) is 0 Å². The largest absolute Gasteiger partial charge is 0.425 e. The molecule has 0 spiro atoms. The normalized spacial score (nSPS) is 18.5. The minimum atomic E-state index is -0.345. The molecule has 1 amide bonds. The number of carbonyl (C=O) groups excluding carboxylic acids is 1. The fraction of sp³-hybridized carbons (Fsp3) is 0.706. The standard InChI is InChI=1S/C17H23N5O2/c1-2-3-10-17(21-22-17)11-12-18-14(23)8-9-15-19-20-16(24-15)13-6-4-5-7-13/h1,13H,3-12H2,(H,18,23). The molecule has 1 aliphatic carbocycles. The van der Waals surface area contributed by atoms with Crippen LogP contribution in [0.5, 0.6) is 0 Å². The van der Waals surface area contributed by atoms with Crippen molar-refractivity contribution in [1.82, 2.24) is 15.5 Å². The maximum absolute atomic E-state index is 11.9. The number of hydrogen-bond donors (Lipinski definition) is 1. The van der Waals surface area contributed by atoms with E-state index in [1.807, 2.05) is 0 Å². The first-order valence-corrected chi connectivity index (χ1v) is 8.67. The molecule has 0 aromatic carbocycles. The molecule has 1 aromatic heterocycles. The summed E-state index contributed by atoms with van der Waals surface area (Å²) >= 11 is 0. The van der Waals surface area contributed by atoms with Crippen molar-refractivity contribution in [2.75, 3.05) is 6.54 Å². The van der Waals surface area contributed by atoms with Crippen LogP contribution in [0.2, 0.25) is 0 Å². The summed E-state index contributed by atoms with van der Waals surface area (Å²) in [6.45, 7) is 0.549. The Labute approximate surface area is 141 Å². The fourth-order valence-corrected chi connectivity index (χ4v) is 3.08. The quantitative estimate of drug-likeness (QED) is 0.705. The zero-order valence-electron chi connectivity index (χ0n) is 13.8. The van der Waals surface area contributed by atoms with Crippen LogP contribution in [-0.2, 0) is 11.2 Å². The number of aryl methyl sites for hydroxylation is 1. The van der Waals surface area contributed by atoms with Crippen LogP contribution in [0.1, 0.15) is 69.1 Å². The van der Waals surface area contributed by atoms with Gasteiger partial charge in [0.2, 0.25) is 17.7 Å². The van der Waals surface area contributed by atoms with Crippen molar-refractivity contribution < 1.29 is 9.21 Å². The summed E-state index contributed by atoms with van der Waals surface area (Å²) in [5.74, 6) is 4.25. The Morgan fingerprint density at radius 3 is 2.79 bits per heavy atom. The van der Waals surface area contributed by atoms with E-state index >= 15 is 0 Å². The van der Waals surface area contributed by atoms with Crippen LogP contribution in [0.25, 0.3) is 0 Å². The molecule has 1 aliphatic heterocycles. The summed E-state index contributed by atoms with van der Waals surface area (Å²) < 4.78 is 5.68. The number of aromatic nitrogens is 2. The third-order valence-electron chi connectivity index (χ3n) is 4.65. The van der Waals surface area contributed by atoms with Crippen LogP contribution in [0, 0.1) is 12.3 Å². The smallest absolute Gasteiger partial charge is 0.220 e. The van der Waals surface area contributed by atoms with Gasteiger partial charge >= 0.3 is 0 Å². The minimum absolute atomic E-state index is 0.0247. The van der Waals surface area contributed by atoms with E-state index in [4.69, 9.17) is 10.8 Å². The van der Waals surface area contributed by atoms with Gasteiger partial charge in [-0.15, -0.1) is 22.5 Å². The van der Waals surface area contributed by atoms with Crippen LogP contribution in [0.15, 0.2) is 14.6 Å². The molecule has 0 bridgehead atoms. The average Bonchev–Trinajstić information content (AvgIpc) is 3.00. The van der Waals surface area contributed by atoms with Crippen molar-refractivity contribution in [2.45, 2.75) is 69.4 Å². The first kappa shape index (κ1) is 16.6. The van der Waals surface area contributed by atoms with Crippen molar-refractivity contribution in [3.8, 4) is 12.3 Å². The van der Waals surface area contributed by atoms with E-state index in [-0.39, 0.29) is 11.6 Å². The molecule has 1 N–H and O–H groups in total. The molecule has 1 fully saturated rings. The van der Waals surface area contributed by atoms with Crippen LogP contribution < -0.4 is 5.32 Å². The average molecular weight is 329 g/mol. The second-order valence-corrected chi connectivity index (χ2v) is 6.50. The Morgan fingerprint density at radius 2 is 2.08 bits per heavy atom. The van der Waals surface area contributed by atoms with Crippen LogP contribution >= 0.6 is 0 Å². The molecule has 1 aromatic rings. The molecular formula is C17H23N5O2. The first-order valence-electron chi connectivity index (χ1n) is 8.67. The third-order valence-corrected chi connectivity index (χ3v) is 4.65. The van der Waals surface area contributed by atoms with Crippen molar-refractivity contribution in [1.29, 1.82) is 0 Å². The van der Waals surface area contributed by atoms with Gasteiger partial charge in [-0.05, 0) is 12.8 Å². The van der Waals surface area contributed by atoms with Gasteiger partial charge < -0.3 is 9.73 Å². The molecule has 2 heterocycles. The molecule has 2 aliphatic rings. The van der Waals surface area contributed by atoms with Gasteiger partial charge in [-0.25, -0.2) is 0 Å². The van der Waals surface area contributed by atoms with Crippen molar-refractivity contribution in [3.05, 3.63) is 11.8 Å². The van der Waals surface area contributed by atoms with Crippen molar-refractivity contribution >= 4 is 5.91 Å². The molecule has 0 unspecified atom stereocenters. The Morgan fingerprint density at radius 1 is 1.29 bits per heavy atom. The monoisotopic (exact) mass is 329 g/mol. The topological polar surface area (TPSA) is 92.7 Å². The van der Waals surface area contributed by atoms with Gasteiger partial charge in [-0.3, -0.25) is 4.79 Å². The van der Waals surface area contributed by atoms with E-state index in [9.17, 15) is 4.79 Å². The molecule has 1 saturated carbocycles. The Balaban J connectivity index is 1.33. The summed E-state index contributed by atoms with van der Waals surface area (Å²) in [6, 6.07) is 0. The predicted molar refractivity (Wildman–Crippen MR) is 87.1 cm³/mol. The number of nitrogens with zero attached hydrogens (tertiary/aromatic N) is 4. The highest BCUT2D eigenvalue weighted by atomic mass is 16.4. The van der Waals surface area contributed by atoms with E-state index < -0.39 is 0 Å². The molecular weight excluding hydrogens is 306 g/mol. The number of amides is 1. The fourth-order valence-electron chi connectivity index (χ4n) is 3.08. The lowest BCUT2D eigenvalue weighted by molar-refractivity contribution is -0.121. The summed E-state index contributed by atoms with van der Waals surface area (Å²) in [6.07, 6.45) is 12.9. The first-order chi connectivity index (χ1) is 11.7. The maximum atomic E-state index is 11.9. The number of rotatable bonds is 9. The SMILES string of the molecule is C#CCCC1(CCNC(=O)CCc2nnc(C3CCCC3)o2)N=N1. The number of nitrogens with one attached hydrogen (secondary N) is 1. The predicted octanol–water partition coefficient (Wildman–Crippen LogP) is 2.74. The van der Waals surface area contributed by atoms with Crippen molar-refractivity contribution in [2.24, 2.45) is 10.2 Å². The Hall–Kier alpha value is -2.23.